The van der Waals surface area contributed by atoms with Gasteiger partial charge in [-0.1, -0.05) is 48.0 Å². The zero-order valence-corrected chi connectivity index (χ0v) is 16.4. The van der Waals surface area contributed by atoms with Crippen LogP contribution in [0.3, 0.4) is 0 Å². The van der Waals surface area contributed by atoms with E-state index in [9.17, 15) is 9.59 Å². The van der Waals surface area contributed by atoms with Crippen LogP contribution in [-0.4, -0.2) is 20.4 Å². The minimum atomic E-state index is -0.343. The maximum atomic E-state index is 13.0. The summed E-state index contributed by atoms with van der Waals surface area (Å²) in [6, 6.07) is 14.7. The number of hydrogen-bond donors (Lipinski definition) is 1. The van der Waals surface area contributed by atoms with Crippen molar-refractivity contribution in [1.29, 1.82) is 0 Å². The summed E-state index contributed by atoms with van der Waals surface area (Å²) in [6.45, 7) is 2.18. The first kappa shape index (κ1) is 18.3. The molecule has 1 aromatic carbocycles. The van der Waals surface area contributed by atoms with Crippen LogP contribution in [-0.2, 0) is 6.54 Å². The highest BCUT2D eigenvalue weighted by atomic mass is 35.5. The van der Waals surface area contributed by atoms with Crippen molar-refractivity contribution in [2.24, 2.45) is 0 Å². The van der Waals surface area contributed by atoms with Gasteiger partial charge in [-0.05, 0) is 30.2 Å². The molecule has 1 amide bonds. The van der Waals surface area contributed by atoms with Gasteiger partial charge in [-0.3, -0.25) is 14.2 Å². The molecule has 0 aliphatic rings. The van der Waals surface area contributed by atoms with E-state index in [1.807, 2.05) is 30.3 Å². The van der Waals surface area contributed by atoms with Gasteiger partial charge in [0.2, 0.25) is 0 Å². The molecule has 4 rings (SSSR count). The molecule has 0 bridgehead atoms. The largest absolute Gasteiger partial charge is 0.306 e. The lowest BCUT2D eigenvalue weighted by Crippen LogP contribution is -2.21. The molecule has 0 aliphatic heterocycles. The number of aryl methyl sites for hydroxylation is 1. The molecule has 0 spiro atoms. The van der Waals surface area contributed by atoms with E-state index in [0.717, 1.165) is 5.56 Å². The number of carbonyl (C=O) groups is 1. The summed E-state index contributed by atoms with van der Waals surface area (Å²) >= 11 is 7.05. The van der Waals surface area contributed by atoms with Crippen LogP contribution in [0.4, 0.5) is 5.82 Å². The Morgan fingerprint density at radius 3 is 2.71 bits per heavy atom. The van der Waals surface area contributed by atoms with Crippen LogP contribution < -0.4 is 10.9 Å². The predicted molar refractivity (Wildman–Crippen MR) is 111 cm³/mol. The van der Waals surface area contributed by atoms with Gasteiger partial charge in [-0.25, -0.2) is 9.97 Å². The van der Waals surface area contributed by atoms with Crippen molar-refractivity contribution in [3.8, 4) is 0 Å². The zero-order chi connectivity index (χ0) is 19.7. The molecule has 0 saturated heterocycles. The van der Waals surface area contributed by atoms with Gasteiger partial charge in [-0.2, -0.15) is 0 Å². The minimum Gasteiger partial charge on any atom is -0.306 e. The number of pyridine rings is 1. The fourth-order valence-corrected chi connectivity index (χ4v) is 4.12. The normalized spacial score (nSPS) is 10.9. The highest BCUT2D eigenvalue weighted by molar-refractivity contribution is 7.20. The third-order valence-corrected chi connectivity index (χ3v) is 5.69. The van der Waals surface area contributed by atoms with Crippen molar-refractivity contribution in [1.82, 2.24) is 14.5 Å². The number of thiophene rings is 1. The smallest absolute Gasteiger partial charge is 0.267 e. The highest BCUT2D eigenvalue weighted by Gasteiger charge is 2.20. The highest BCUT2D eigenvalue weighted by Crippen LogP contribution is 2.27. The van der Waals surface area contributed by atoms with E-state index in [4.69, 9.17) is 11.6 Å². The monoisotopic (exact) mass is 410 g/mol. The first-order chi connectivity index (χ1) is 13.5. The Kier molecular flexibility index (Phi) is 4.93. The van der Waals surface area contributed by atoms with Gasteiger partial charge in [0.25, 0.3) is 11.5 Å². The van der Waals surface area contributed by atoms with Crippen molar-refractivity contribution in [2.45, 2.75) is 13.5 Å². The molecule has 4 aromatic rings. The standard InChI is InChI=1S/C20H15ClN4O2S/c1-12-16-19(22-11-25(20(16)27)10-13-6-3-2-4-7-13)28-17(12)18(26)24-15-9-5-8-14(21)23-15/h2-9,11H,10H2,1H3,(H,23,24,26). The molecule has 0 saturated carbocycles. The lowest BCUT2D eigenvalue weighted by molar-refractivity contribution is 0.102. The van der Waals surface area contributed by atoms with Crippen LogP contribution in [0.15, 0.2) is 59.7 Å². The summed E-state index contributed by atoms with van der Waals surface area (Å²) in [5.41, 5.74) is 1.45. The zero-order valence-electron chi connectivity index (χ0n) is 14.8. The summed E-state index contributed by atoms with van der Waals surface area (Å²) in [6.07, 6.45) is 1.52. The topological polar surface area (TPSA) is 76.9 Å². The van der Waals surface area contributed by atoms with Crippen LogP contribution in [0.1, 0.15) is 20.8 Å². The van der Waals surface area contributed by atoms with Crippen LogP contribution in [0, 0.1) is 6.92 Å². The van der Waals surface area contributed by atoms with Gasteiger partial charge in [0.15, 0.2) is 0 Å². The Bertz CT molecular complexity index is 1230. The number of nitrogens with zero attached hydrogens (tertiary/aromatic N) is 3. The molecule has 0 unspecified atom stereocenters. The second-order valence-electron chi connectivity index (χ2n) is 6.20. The van der Waals surface area contributed by atoms with E-state index in [1.165, 1.54) is 17.7 Å². The Labute approximate surface area is 169 Å². The van der Waals surface area contributed by atoms with E-state index in [2.05, 4.69) is 15.3 Å². The van der Waals surface area contributed by atoms with Crippen molar-refractivity contribution in [2.75, 3.05) is 5.32 Å². The lowest BCUT2D eigenvalue weighted by atomic mass is 10.2. The Morgan fingerprint density at radius 1 is 1.18 bits per heavy atom. The second kappa shape index (κ2) is 7.53. The van der Waals surface area contributed by atoms with Crippen LogP contribution in [0.25, 0.3) is 10.2 Å². The molecule has 0 aliphatic carbocycles. The van der Waals surface area contributed by atoms with E-state index in [1.54, 1.807) is 29.7 Å². The number of fused-ring (bicyclic) bond motifs is 1. The number of rotatable bonds is 4. The van der Waals surface area contributed by atoms with Gasteiger partial charge in [0, 0.05) is 0 Å². The third-order valence-electron chi connectivity index (χ3n) is 4.28. The molecule has 1 N–H and O–H groups in total. The van der Waals surface area contributed by atoms with Crippen molar-refractivity contribution in [3.05, 3.63) is 86.4 Å². The number of hydrogen-bond acceptors (Lipinski definition) is 5. The molecule has 140 valence electrons. The number of carbonyl (C=O) groups excluding carboxylic acids is 1. The molecule has 8 heteroatoms. The fraction of sp³-hybridized carbons (Fsp3) is 0.100. The molecule has 3 heterocycles. The quantitative estimate of drug-likeness (QED) is 0.513. The van der Waals surface area contributed by atoms with Gasteiger partial charge in [0.05, 0.1) is 23.1 Å². The summed E-state index contributed by atoms with van der Waals surface area (Å²) in [5.74, 6) is 0.00748. The summed E-state index contributed by atoms with van der Waals surface area (Å²) in [5, 5.41) is 3.47. The fourth-order valence-electron chi connectivity index (χ4n) is 2.92. The molecule has 0 radical (unpaired) electrons. The maximum Gasteiger partial charge on any atom is 0.267 e. The van der Waals surface area contributed by atoms with Crippen molar-refractivity contribution < 1.29 is 4.79 Å². The van der Waals surface area contributed by atoms with E-state index in [0.29, 0.717) is 33.0 Å². The predicted octanol–water partition coefficient (Wildman–Crippen LogP) is 4.12. The number of aromatic nitrogens is 3. The van der Waals surface area contributed by atoms with E-state index in [-0.39, 0.29) is 16.6 Å². The average molecular weight is 411 g/mol. The van der Waals surface area contributed by atoms with Crippen LogP contribution in [0.2, 0.25) is 5.15 Å². The number of benzene rings is 1. The summed E-state index contributed by atoms with van der Waals surface area (Å²) < 4.78 is 1.55. The number of nitrogens with one attached hydrogen (secondary N) is 1. The van der Waals surface area contributed by atoms with Gasteiger partial charge < -0.3 is 5.32 Å². The number of amides is 1. The maximum absolute atomic E-state index is 13.0. The molecule has 6 nitrogen and oxygen atoms in total. The average Bonchev–Trinajstić information content (AvgIpc) is 3.02. The number of halogens is 1. The Morgan fingerprint density at radius 2 is 1.96 bits per heavy atom. The van der Waals surface area contributed by atoms with Crippen LogP contribution in [0.5, 0.6) is 0 Å². The first-order valence-electron chi connectivity index (χ1n) is 8.49. The Balaban J connectivity index is 1.69. The lowest BCUT2D eigenvalue weighted by Gasteiger charge is -2.05. The minimum absolute atomic E-state index is 0.164. The molecular weight excluding hydrogens is 396 g/mol. The van der Waals surface area contributed by atoms with E-state index < -0.39 is 0 Å². The van der Waals surface area contributed by atoms with E-state index >= 15 is 0 Å². The molecule has 0 fully saturated rings. The van der Waals surface area contributed by atoms with Crippen molar-refractivity contribution in [3.63, 3.8) is 0 Å². The first-order valence-corrected chi connectivity index (χ1v) is 9.69. The second-order valence-corrected chi connectivity index (χ2v) is 7.59. The SMILES string of the molecule is Cc1c(C(=O)Nc2cccc(Cl)n2)sc2ncn(Cc3ccccc3)c(=O)c12. The van der Waals surface area contributed by atoms with Gasteiger partial charge >= 0.3 is 0 Å². The summed E-state index contributed by atoms with van der Waals surface area (Å²) in [4.78, 5) is 35.1. The third kappa shape index (κ3) is 3.54. The molecule has 0 atom stereocenters. The Hall–Kier alpha value is -3.03. The molecule has 3 aromatic heterocycles. The van der Waals surface area contributed by atoms with Crippen molar-refractivity contribution >= 4 is 44.9 Å². The van der Waals surface area contributed by atoms with Gasteiger partial charge in [0.1, 0.15) is 15.8 Å². The molecule has 28 heavy (non-hydrogen) atoms. The van der Waals surface area contributed by atoms with Gasteiger partial charge in [-0.15, -0.1) is 11.3 Å². The summed E-state index contributed by atoms with van der Waals surface area (Å²) in [7, 11) is 0. The molecular formula is C20H15ClN4O2S. The number of anilines is 1. The van der Waals surface area contributed by atoms with Crippen LogP contribution >= 0.6 is 22.9 Å².